The minimum absolute atomic E-state index is 0.00365. The maximum Gasteiger partial charge on any atom is 0.268 e. The molecule has 13 heteroatoms. The second kappa shape index (κ2) is 10.3. The second-order valence-corrected chi connectivity index (χ2v) is 13.3. The van der Waals surface area contributed by atoms with E-state index < -0.39 is 21.7 Å². The molecule has 45 heavy (non-hydrogen) atoms. The van der Waals surface area contributed by atoms with E-state index in [-0.39, 0.29) is 53.5 Å². The number of nitrogens with zero attached hydrogens (tertiary/aromatic N) is 5. The van der Waals surface area contributed by atoms with Crippen molar-refractivity contribution >= 4 is 43.6 Å². The lowest BCUT2D eigenvalue weighted by molar-refractivity contribution is 0.0115. The number of likely N-dealkylation sites (tertiary alicyclic amines) is 1. The molecule has 1 aliphatic rings. The summed E-state index contributed by atoms with van der Waals surface area (Å²) in [6.45, 7) is 3.76. The molecule has 10 nitrogen and oxygen atoms in total. The summed E-state index contributed by atoms with van der Waals surface area (Å²) in [6.07, 6.45) is 1.09. The number of aromatic nitrogens is 5. The Morgan fingerprint density at radius 1 is 1.04 bits per heavy atom. The van der Waals surface area contributed by atoms with E-state index in [2.05, 4.69) is 15.1 Å². The third-order valence-corrected chi connectivity index (χ3v) is 9.89. The van der Waals surface area contributed by atoms with Crippen LogP contribution in [-0.2, 0) is 16.6 Å². The van der Waals surface area contributed by atoms with Gasteiger partial charge in [-0.1, -0.05) is 29.8 Å². The highest BCUT2D eigenvalue weighted by atomic mass is 32.2. The fourth-order valence-corrected chi connectivity index (χ4v) is 7.39. The van der Waals surface area contributed by atoms with Crippen LogP contribution in [0, 0.1) is 13.8 Å². The van der Waals surface area contributed by atoms with Crippen LogP contribution >= 0.6 is 0 Å². The van der Waals surface area contributed by atoms with Crippen LogP contribution in [0.3, 0.4) is 0 Å². The van der Waals surface area contributed by atoms with E-state index in [1.54, 1.807) is 41.3 Å². The predicted octanol–water partition coefficient (Wildman–Crippen LogP) is 5.21. The number of aromatic amines is 1. The summed E-state index contributed by atoms with van der Waals surface area (Å²) >= 11 is 0. The molecule has 0 amide bonds. The van der Waals surface area contributed by atoms with Crippen LogP contribution in [0.4, 0.5) is 14.6 Å². The van der Waals surface area contributed by atoms with Crippen molar-refractivity contribution in [3.63, 3.8) is 0 Å². The van der Waals surface area contributed by atoms with Crippen LogP contribution in [0.15, 0.2) is 77.8 Å². The van der Waals surface area contributed by atoms with Crippen molar-refractivity contribution in [2.75, 3.05) is 18.8 Å². The molecule has 3 aromatic carbocycles. The number of rotatable bonds is 7. The largest absolute Gasteiger partial charge is 0.383 e. The fraction of sp³-hybridized carbons (Fsp3) is 0.219. The van der Waals surface area contributed by atoms with Gasteiger partial charge in [0.2, 0.25) is 5.78 Å². The fourth-order valence-electron chi connectivity index (χ4n) is 5.89. The normalized spacial score (nSPS) is 15.4. The molecule has 1 fully saturated rings. The van der Waals surface area contributed by atoms with Gasteiger partial charge in [-0.25, -0.2) is 30.8 Å². The number of carbonyl (C=O) groups is 1. The van der Waals surface area contributed by atoms with Crippen LogP contribution in [0.2, 0.25) is 0 Å². The van der Waals surface area contributed by atoms with Gasteiger partial charge in [-0.3, -0.25) is 9.69 Å². The molecule has 0 bridgehead atoms. The highest BCUT2D eigenvalue weighted by Gasteiger charge is 2.38. The van der Waals surface area contributed by atoms with Crippen molar-refractivity contribution < 1.29 is 22.0 Å². The number of halogens is 2. The lowest BCUT2D eigenvalue weighted by Gasteiger charge is -2.16. The number of nitrogens with one attached hydrogen (secondary N) is 1. The number of fused-ring (bicyclic) bond motifs is 2. The Bertz CT molecular complexity index is 2230. The maximum atomic E-state index is 14.2. The molecule has 0 aliphatic carbocycles. The SMILES string of the molecule is Cc1ccc(S(=O)(=O)n2c(C(=O)c3cnn(-c4ccc5nc(C)[nH]c5c4)c3N)cc3ccc(CN4CCC(F)(F)C4)cc32)cc1. The zero-order chi connectivity index (χ0) is 31.7. The van der Waals surface area contributed by atoms with Crippen LogP contribution in [0.1, 0.15) is 39.4 Å². The third kappa shape index (κ3) is 5.07. The third-order valence-electron chi connectivity index (χ3n) is 8.15. The topological polar surface area (TPSA) is 132 Å². The Labute approximate surface area is 257 Å². The van der Waals surface area contributed by atoms with Crippen molar-refractivity contribution in [1.29, 1.82) is 0 Å². The van der Waals surface area contributed by atoms with Gasteiger partial charge in [0.25, 0.3) is 15.9 Å². The summed E-state index contributed by atoms with van der Waals surface area (Å²) in [7, 11) is -4.28. The number of nitrogen functional groups attached to an aromatic ring is 1. The van der Waals surface area contributed by atoms with E-state index >= 15 is 0 Å². The summed E-state index contributed by atoms with van der Waals surface area (Å²) in [5, 5.41) is 4.85. The molecular formula is C32H29F2N7O3S. The molecule has 0 saturated carbocycles. The van der Waals surface area contributed by atoms with Gasteiger partial charge >= 0.3 is 0 Å². The number of hydrogen-bond acceptors (Lipinski definition) is 7. The lowest BCUT2D eigenvalue weighted by Crippen LogP contribution is -2.24. The van der Waals surface area contributed by atoms with Crippen molar-refractivity contribution in [1.82, 2.24) is 28.6 Å². The highest BCUT2D eigenvalue weighted by molar-refractivity contribution is 7.90. The Hall–Kier alpha value is -4.88. The first-order chi connectivity index (χ1) is 21.4. The molecule has 0 spiro atoms. The smallest absolute Gasteiger partial charge is 0.268 e. The van der Waals surface area contributed by atoms with Gasteiger partial charge in [-0.15, -0.1) is 0 Å². The molecule has 0 radical (unpaired) electrons. The summed E-state index contributed by atoms with van der Waals surface area (Å²) in [5.74, 6) is -2.61. The molecular weight excluding hydrogens is 600 g/mol. The highest BCUT2D eigenvalue weighted by Crippen LogP contribution is 2.32. The van der Waals surface area contributed by atoms with E-state index in [1.807, 2.05) is 26.0 Å². The first-order valence-electron chi connectivity index (χ1n) is 14.3. The molecule has 1 saturated heterocycles. The first-order valence-corrected chi connectivity index (χ1v) is 15.8. The molecule has 0 unspecified atom stereocenters. The van der Waals surface area contributed by atoms with Gasteiger partial charge in [0.05, 0.1) is 45.4 Å². The Morgan fingerprint density at radius 3 is 2.56 bits per heavy atom. The van der Waals surface area contributed by atoms with Gasteiger partial charge in [0.1, 0.15) is 17.3 Å². The average molecular weight is 630 g/mol. The van der Waals surface area contributed by atoms with Crippen LogP contribution in [0.25, 0.3) is 27.6 Å². The van der Waals surface area contributed by atoms with Gasteiger partial charge in [0.15, 0.2) is 0 Å². The number of anilines is 1. The molecule has 3 aromatic heterocycles. The van der Waals surface area contributed by atoms with Crippen molar-refractivity contribution in [3.8, 4) is 5.69 Å². The monoisotopic (exact) mass is 629 g/mol. The van der Waals surface area contributed by atoms with Gasteiger partial charge in [0, 0.05) is 24.9 Å². The summed E-state index contributed by atoms with van der Waals surface area (Å²) in [5.41, 5.74) is 10.3. The zero-order valence-corrected chi connectivity index (χ0v) is 25.3. The van der Waals surface area contributed by atoms with Crippen LogP contribution in [-0.4, -0.2) is 61.8 Å². The Kier molecular flexibility index (Phi) is 6.64. The van der Waals surface area contributed by atoms with E-state index in [4.69, 9.17) is 5.73 Å². The minimum atomic E-state index is -4.28. The standard InChI is InChI=1S/C32H29F2N7O3S/c1-19-3-8-24(9-4-19)45(43,44)41-28-13-21(17-39-12-11-32(33,34)18-39)5-6-22(28)14-29(41)30(42)25-16-36-40(31(25)35)23-7-10-26-27(15-23)38-20(2)37-26/h3-10,13-16H,11-12,17-18,35H2,1-2H3,(H,37,38). The molecule has 0 atom stereocenters. The van der Waals surface area contributed by atoms with Gasteiger partial charge in [-0.05, 0) is 61.9 Å². The van der Waals surface area contributed by atoms with Gasteiger partial charge < -0.3 is 10.7 Å². The maximum absolute atomic E-state index is 14.2. The number of ketones is 1. The van der Waals surface area contributed by atoms with Crippen molar-refractivity contribution in [2.24, 2.45) is 0 Å². The Balaban J connectivity index is 1.34. The number of imidazole rings is 1. The first kappa shape index (κ1) is 28.9. The van der Waals surface area contributed by atoms with E-state index in [1.165, 1.54) is 29.1 Å². The predicted molar refractivity (Wildman–Crippen MR) is 166 cm³/mol. The number of hydrogen-bond donors (Lipinski definition) is 2. The van der Waals surface area contributed by atoms with E-state index in [0.29, 0.717) is 16.6 Å². The van der Waals surface area contributed by atoms with Crippen molar-refractivity contribution in [3.05, 3.63) is 101 Å². The molecule has 1 aliphatic heterocycles. The van der Waals surface area contributed by atoms with Gasteiger partial charge in [-0.2, -0.15) is 5.10 Å². The zero-order valence-electron chi connectivity index (χ0n) is 24.5. The molecule has 230 valence electrons. The second-order valence-electron chi connectivity index (χ2n) is 11.5. The number of H-pyrrole nitrogens is 1. The number of alkyl halides is 2. The van der Waals surface area contributed by atoms with Crippen molar-refractivity contribution in [2.45, 2.75) is 37.6 Å². The summed E-state index contributed by atoms with van der Waals surface area (Å²) < 4.78 is 58.6. The van der Waals surface area contributed by atoms with E-state index in [0.717, 1.165) is 26.4 Å². The number of aryl methyl sites for hydroxylation is 2. The Morgan fingerprint density at radius 2 is 1.82 bits per heavy atom. The number of carbonyl (C=O) groups excluding carboxylic acids is 1. The molecule has 3 N–H and O–H groups in total. The number of benzene rings is 3. The average Bonchev–Trinajstić information content (AvgIpc) is 3.75. The molecule has 6 aromatic rings. The molecule has 4 heterocycles. The minimum Gasteiger partial charge on any atom is -0.383 e. The van der Waals surface area contributed by atoms with E-state index in [9.17, 15) is 22.0 Å². The number of nitrogens with two attached hydrogens (primary N) is 1. The summed E-state index contributed by atoms with van der Waals surface area (Å²) in [6, 6.07) is 18.3. The van der Waals surface area contributed by atoms with Crippen LogP contribution < -0.4 is 5.73 Å². The quantitative estimate of drug-likeness (QED) is 0.232. The summed E-state index contributed by atoms with van der Waals surface area (Å²) in [4.78, 5) is 23.3. The van der Waals surface area contributed by atoms with Crippen LogP contribution in [0.5, 0.6) is 0 Å². The molecule has 7 rings (SSSR count). The lowest BCUT2D eigenvalue weighted by atomic mass is 10.1.